The van der Waals surface area contributed by atoms with Crippen molar-refractivity contribution in [3.05, 3.63) is 29.8 Å². The summed E-state index contributed by atoms with van der Waals surface area (Å²) in [4.78, 5) is 0. The van der Waals surface area contributed by atoms with Crippen LogP contribution >= 0.6 is 11.8 Å². The molecule has 4 N–H and O–H groups in total. The predicted molar refractivity (Wildman–Crippen MR) is 102 cm³/mol. The first-order valence-electron chi connectivity index (χ1n) is 8.97. The Hall–Kier alpha value is -1.53. The molecule has 7 nitrogen and oxygen atoms in total. The van der Waals surface area contributed by atoms with Crippen LogP contribution in [0, 0.1) is 5.41 Å². The molecule has 0 bridgehead atoms. The van der Waals surface area contributed by atoms with Crippen molar-refractivity contribution in [2.75, 3.05) is 13.7 Å². The average Bonchev–Trinajstić information content (AvgIpc) is 2.65. The Morgan fingerprint density at radius 3 is 2.55 bits per heavy atom. The van der Waals surface area contributed by atoms with Gasteiger partial charge in [0.25, 0.3) is 0 Å². The molecule has 29 heavy (non-hydrogen) atoms. The maximum Gasteiger partial charge on any atom is 0.417 e. The molecule has 0 amide bonds. The molecule has 164 valence electrons. The lowest BCUT2D eigenvalue weighted by Crippen LogP contribution is -2.57. The highest BCUT2D eigenvalue weighted by Gasteiger charge is 2.53. The second kappa shape index (κ2) is 10.5. The van der Waals surface area contributed by atoms with Crippen LogP contribution in [0.5, 0.6) is 5.75 Å². The lowest BCUT2D eigenvalue weighted by Gasteiger charge is -2.40. The van der Waals surface area contributed by atoms with Crippen LogP contribution in [-0.4, -0.2) is 65.1 Å². The average molecular weight is 438 g/mol. The van der Waals surface area contributed by atoms with Gasteiger partial charge in [-0.05, 0) is 24.6 Å². The maximum atomic E-state index is 13.7. The minimum atomic E-state index is -4.83. The summed E-state index contributed by atoms with van der Waals surface area (Å²) in [5.74, 6) is 0.554. The molecule has 0 radical (unpaired) electrons. The zero-order chi connectivity index (χ0) is 21.6. The van der Waals surface area contributed by atoms with Crippen LogP contribution in [0.3, 0.4) is 0 Å². The Morgan fingerprint density at radius 2 is 2.00 bits per heavy atom. The number of ether oxygens (including phenoxy) is 3. The summed E-state index contributed by atoms with van der Waals surface area (Å²) < 4.78 is 56.5. The Labute approximate surface area is 171 Å². The third kappa shape index (κ3) is 6.75. The molecule has 11 heteroatoms. The van der Waals surface area contributed by atoms with Gasteiger partial charge in [-0.2, -0.15) is 13.2 Å². The highest BCUT2D eigenvalue weighted by molar-refractivity contribution is 8.14. The number of nitrogens with one attached hydrogen (secondary N) is 2. The highest BCUT2D eigenvalue weighted by Crippen LogP contribution is 2.36. The highest BCUT2D eigenvalue weighted by atomic mass is 32.2. The van der Waals surface area contributed by atoms with Gasteiger partial charge < -0.3 is 29.7 Å². The van der Waals surface area contributed by atoms with Crippen molar-refractivity contribution >= 4 is 16.9 Å². The molecule has 0 saturated carbocycles. The number of alkyl halides is 3. The summed E-state index contributed by atoms with van der Waals surface area (Å²) in [5.41, 5.74) is -0.454. The minimum Gasteiger partial charge on any atom is -0.497 e. The van der Waals surface area contributed by atoms with Crippen molar-refractivity contribution in [2.45, 2.75) is 56.0 Å². The Morgan fingerprint density at radius 1 is 1.34 bits per heavy atom. The molecular weight excluding hydrogens is 413 g/mol. The first-order valence-corrected chi connectivity index (χ1v) is 9.85. The van der Waals surface area contributed by atoms with Gasteiger partial charge in [-0.1, -0.05) is 23.9 Å². The van der Waals surface area contributed by atoms with Gasteiger partial charge in [0.1, 0.15) is 23.4 Å². The predicted octanol–water partition coefficient (Wildman–Crippen LogP) is 2.26. The van der Waals surface area contributed by atoms with E-state index in [1.807, 2.05) is 0 Å². The van der Waals surface area contributed by atoms with Crippen LogP contribution in [0.1, 0.15) is 18.9 Å². The fraction of sp³-hybridized carbons (Fsp3) is 0.611. The van der Waals surface area contributed by atoms with E-state index in [0.717, 1.165) is 11.8 Å². The normalized spacial score (nSPS) is 26.0. The molecule has 1 aromatic rings. The molecule has 1 fully saturated rings. The lowest BCUT2D eigenvalue weighted by atomic mass is 9.97. The van der Waals surface area contributed by atoms with Crippen LogP contribution in [-0.2, 0) is 16.1 Å². The maximum absolute atomic E-state index is 13.7. The molecule has 1 aromatic carbocycles. The van der Waals surface area contributed by atoms with E-state index in [1.165, 1.54) is 7.11 Å². The van der Waals surface area contributed by atoms with E-state index in [-0.39, 0.29) is 18.2 Å². The number of aliphatic hydroxyl groups excluding tert-OH is 2. The van der Waals surface area contributed by atoms with E-state index in [9.17, 15) is 23.4 Å². The number of halogens is 3. The molecular formula is C18H25F3N2O5S. The van der Waals surface area contributed by atoms with Gasteiger partial charge in [-0.3, -0.25) is 5.41 Å². The summed E-state index contributed by atoms with van der Waals surface area (Å²) in [6.07, 6.45) is -12.4. The fourth-order valence-electron chi connectivity index (χ4n) is 2.81. The van der Waals surface area contributed by atoms with Crippen LogP contribution in [0.15, 0.2) is 24.3 Å². The largest absolute Gasteiger partial charge is 0.497 e. The number of rotatable bonds is 7. The number of amidine groups is 1. The Kier molecular flexibility index (Phi) is 8.58. The van der Waals surface area contributed by atoms with Gasteiger partial charge in [-0.25, -0.2) is 0 Å². The summed E-state index contributed by atoms with van der Waals surface area (Å²) in [7, 11) is 1.47. The van der Waals surface area contributed by atoms with Crippen LogP contribution in [0.2, 0.25) is 0 Å². The molecule has 5 atom stereocenters. The zero-order valence-electron chi connectivity index (χ0n) is 16.0. The van der Waals surface area contributed by atoms with E-state index in [4.69, 9.17) is 19.6 Å². The van der Waals surface area contributed by atoms with Gasteiger partial charge in [-0.15, -0.1) is 0 Å². The van der Waals surface area contributed by atoms with Crippen LogP contribution < -0.4 is 10.1 Å². The third-order valence-electron chi connectivity index (χ3n) is 4.27. The topological polar surface area (TPSA) is 104 Å². The van der Waals surface area contributed by atoms with Crippen molar-refractivity contribution in [1.82, 2.24) is 5.32 Å². The van der Waals surface area contributed by atoms with Gasteiger partial charge >= 0.3 is 6.18 Å². The fourth-order valence-corrected chi connectivity index (χ4v) is 3.78. The second-order valence-corrected chi connectivity index (χ2v) is 7.59. The number of benzene rings is 1. The van der Waals surface area contributed by atoms with E-state index in [2.05, 4.69) is 5.32 Å². The van der Waals surface area contributed by atoms with Crippen molar-refractivity contribution in [3.63, 3.8) is 0 Å². The molecule has 2 rings (SSSR count). The van der Waals surface area contributed by atoms with Gasteiger partial charge in [0.05, 0.1) is 19.8 Å². The third-order valence-corrected chi connectivity index (χ3v) is 5.22. The quantitative estimate of drug-likeness (QED) is 0.382. The molecule has 0 aromatic heterocycles. The lowest BCUT2D eigenvalue weighted by molar-refractivity contribution is -0.285. The molecule has 0 aliphatic carbocycles. The monoisotopic (exact) mass is 438 g/mol. The van der Waals surface area contributed by atoms with Gasteiger partial charge in [0, 0.05) is 13.0 Å². The van der Waals surface area contributed by atoms with E-state index in [0.29, 0.717) is 17.9 Å². The van der Waals surface area contributed by atoms with E-state index >= 15 is 0 Å². The van der Waals surface area contributed by atoms with Crippen LogP contribution in [0.4, 0.5) is 13.2 Å². The van der Waals surface area contributed by atoms with Crippen molar-refractivity contribution in [2.24, 2.45) is 0 Å². The first-order chi connectivity index (χ1) is 13.7. The van der Waals surface area contributed by atoms with Crippen molar-refractivity contribution < 1.29 is 37.6 Å². The molecule has 1 heterocycles. The molecule has 0 spiro atoms. The summed E-state index contributed by atoms with van der Waals surface area (Å²) in [5, 5.41) is 30.6. The molecule has 1 aliphatic rings. The van der Waals surface area contributed by atoms with E-state index < -0.39 is 36.0 Å². The molecule has 1 aliphatic heterocycles. The van der Waals surface area contributed by atoms with Gasteiger partial charge in [0.2, 0.25) is 0 Å². The van der Waals surface area contributed by atoms with Gasteiger partial charge in [0.15, 0.2) is 11.3 Å². The number of hydrogen-bond donors (Lipinski definition) is 4. The Balaban J connectivity index is 2.12. The second-order valence-electron chi connectivity index (χ2n) is 6.42. The molecule has 1 saturated heterocycles. The number of methoxy groups -OCH3 is 1. The summed E-state index contributed by atoms with van der Waals surface area (Å²) in [6, 6.07) is 6.32. The molecule has 0 unspecified atom stereocenters. The van der Waals surface area contributed by atoms with E-state index in [1.54, 1.807) is 31.2 Å². The standard InChI is InChI=1S/C18H25F3N2O5S/c1-3-23-17(22)29-13-8-12(24)14(25)15(28-13)16(18(19,20)21)27-9-10-4-6-11(26-2)7-5-10/h4-7,12-16,24-25H,3,8-9H2,1-2H3,(H2,22,23)/t12-,13-,14+,15+,16-/m1/s1. The Bertz CT molecular complexity index is 662. The smallest absolute Gasteiger partial charge is 0.417 e. The number of hydrogen-bond acceptors (Lipinski definition) is 7. The zero-order valence-corrected chi connectivity index (χ0v) is 16.8. The summed E-state index contributed by atoms with van der Waals surface area (Å²) in [6.45, 7) is 1.86. The number of aliphatic hydroxyl groups is 2. The summed E-state index contributed by atoms with van der Waals surface area (Å²) >= 11 is 0.843. The van der Waals surface area contributed by atoms with Crippen molar-refractivity contribution in [1.29, 1.82) is 5.41 Å². The van der Waals surface area contributed by atoms with Crippen molar-refractivity contribution in [3.8, 4) is 5.75 Å². The first kappa shape index (κ1) is 23.7. The minimum absolute atomic E-state index is 0.00236. The number of thioether (sulfide) groups is 1. The van der Waals surface area contributed by atoms with Crippen LogP contribution in [0.25, 0.3) is 0 Å². The SMILES string of the molecule is CCNC(=N)S[C@@H]1C[C@@H](O)[C@H](O)[C@@H]([C@@H](OCc2ccc(OC)cc2)C(F)(F)F)O1.